The van der Waals surface area contributed by atoms with Crippen LogP contribution in [0.25, 0.3) is 0 Å². The van der Waals surface area contributed by atoms with Crippen molar-refractivity contribution in [2.45, 2.75) is 52.2 Å². The van der Waals surface area contributed by atoms with Gasteiger partial charge in [-0.1, -0.05) is 19.1 Å². The maximum atomic E-state index is 8.79. The van der Waals surface area contributed by atoms with E-state index in [2.05, 4.69) is 30.2 Å². The second-order valence-corrected chi connectivity index (χ2v) is 4.05. The van der Waals surface area contributed by atoms with Gasteiger partial charge in [-0.3, -0.25) is 0 Å². The molecule has 1 unspecified atom stereocenters. The van der Waals surface area contributed by atoms with Gasteiger partial charge < -0.3 is 4.74 Å². The van der Waals surface area contributed by atoms with Crippen LogP contribution in [-0.2, 0) is 11.2 Å². The molecule has 0 aliphatic carbocycles. The van der Waals surface area contributed by atoms with Gasteiger partial charge in [0.25, 0.3) is 0 Å². The third kappa shape index (κ3) is 2.83. The van der Waals surface area contributed by atoms with Crippen LogP contribution in [0.2, 0.25) is 0 Å². The van der Waals surface area contributed by atoms with Gasteiger partial charge in [0.1, 0.15) is 5.69 Å². The van der Waals surface area contributed by atoms with Crippen LogP contribution < -0.4 is 0 Å². The molecule has 0 aliphatic heterocycles. The second-order valence-electron chi connectivity index (χ2n) is 4.05. The lowest BCUT2D eigenvalue weighted by Crippen LogP contribution is -2.15. The molecule has 0 radical (unpaired) electrons. The average molecular weight is 236 g/mol. The zero-order valence-corrected chi connectivity index (χ0v) is 11.0. The summed E-state index contributed by atoms with van der Waals surface area (Å²) in [5, 5.41) is 17.1. The third-order valence-electron chi connectivity index (χ3n) is 3.08. The Hall–Kier alpha value is -1.41. The summed E-state index contributed by atoms with van der Waals surface area (Å²) in [6, 6.07) is 2.44. The zero-order chi connectivity index (χ0) is 12.8. The summed E-state index contributed by atoms with van der Waals surface area (Å²) in [7, 11) is 1.66. The van der Waals surface area contributed by atoms with Crippen molar-refractivity contribution in [3.8, 4) is 6.07 Å². The standard InChI is InChI=1S/C12H20N4O/c1-5-10(6-2)16-12(9(3)17-4)11(7-8-13)14-15-16/h9-10H,5-7H2,1-4H3. The first kappa shape index (κ1) is 13.7. The molecule has 5 heteroatoms. The molecule has 0 saturated carbocycles. The normalized spacial score (nSPS) is 12.7. The summed E-state index contributed by atoms with van der Waals surface area (Å²) in [4.78, 5) is 0. The van der Waals surface area contributed by atoms with Gasteiger partial charge in [-0.15, -0.1) is 5.10 Å². The molecule has 0 amide bonds. The smallest absolute Gasteiger partial charge is 0.103 e. The number of rotatable bonds is 6. The van der Waals surface area contributed by atoms with E-state index in [4.69, 9.17) is 10.00 Å². The van der Waals surface area contributed by atoms with Gasteiger partial charge >= 0.3 is 0 Å². The van der Waals surface area contributed by atoms with E-state index in [0.717, 1.165) is 24.2 Å². The number of methoxy groups -OCH3 is 1. The van der Waals surface area contributed by atoms with Crippen LogP contribution in [0.4, 0.5) is 0 Å². The highest BCUT2D eigenvalue weighted by Gasteiger charge is 2.22. The highest BCUT2D eigenvalue weighted by atomic mass is 16.5. The first-order valence-corrected chi connectivity index (χ1v) is 6.03. The maximum Gasteiger partial charge on any atom is 0.103 e. The minimum Gasteiger partial charge on any atom is -0.375 e. The molecule has 0 aromatic carbocycles. The molecule has 1 aromatic heterocycles. The van der Waals surface area contributed by atoms with Crippen LogP contribution in [0.3, 0.4) is 0 Å². The lowest BCUT2D eigenvalue weighted by Gasteiger charge is -2.19. The second kappa shape index (κ2) is 6.36. The van der Waals surface area contributed by atoms with E-state index in [9.17, 15) is 0 Å². The number of nitriles is 1. The van der Waals surface area contributed by atoms with Gasteiger partial charge in [0.2, 0.25) is 0 Å². The molecule has 1 atom stereocenters. The minimum atomic E-state index is -0.0889. The first-order valence-electron chi connectivity index (χ1n) is 6.03. The van der Waals surface area contributed by atoms with Crippen molar-refractivity contribution in [1.29, 1.82) is 5.26 Å². The van der Waals surface area contributed by atoms with Crippen LogP contribution >= 0.6 is 0 Å². The Bertz CT molecular complexity index is 390. The van der Waals surface area contributed by atoms with E-state index < -0.39 is 0 Å². The molecule has 0 N–H and O–H groups in total. The van der Waals surface area contributed by atoms with Gasteiger partial charge in [-0.2, -0.15) is 5.26 Å². The number of hydrogen-bond acceptors (Lipinski definition) is 4. The number of aromatic nitrogens is 3. The van der Waals surface area contributed by atoms with Gasteiger partial charge in [0, 0.05) is 7.11 Å². The molecule has 0 aliphatic rings. The predicted octanol–water partition coefficient (Wildman–Crippen LogP) is 2.41. The van der Waals surface area contributed by atoms with Crippen LogP contribution in [0.1, 0.15) is 57.1 Å². The summed E-state index contributed by atoms with van der Waals surface area (Å²) in [6.07, 6.45) is 2.18. The summed E-state index contributed by atoms with van der Waals surface area (Å²) in [5.41, 5.74) is 1.66. The molecule has 1 heterocycles. The monoisotopic (exact) mass is 236 g/mol. The van der Waals surface area contributed by atoms with E-state index >= 15 is 0 Å². The van der Waals surface area contributed by atoms with Crippen LogP contribution in [0, 0.1) is 11.3 Å². The Labute approximate surface area is 102 Å². The van der Waals surface area contributed by atoms with Crippen molar-refractivity contribution < 1.29 is 4.74 Å². The summed E-state index contributed by atoms with van der Waals surface area (Å²) in [6.45, 7) is 6.21. The number of hydrogen-bond donors (Lipinski definition) is 0. The molecule has 0 spiro atoms. The van der Waals surface area contributed by atoms with Crippen LogP contribution in [-0.4, -0.2) is 22.1 Å². The van der Waals surface area contributed by atoms with Crippen molar-refractivity contribution in [3.63, 3.8) is 0 Å². The highest BCUT2D eigenvalue weighted by Crippen LogP contribution is 2.25. The Morgan fingerprint density at radius 1 is 1.41 bits per heavy atom. The van der Waals surface area contributed by atoms with E-state index in [-0.39, 0.29) is 12.5 Å². The number of nitrogens with zero attached hydrogens (tertiary/aromatic N) is 4. The van der Waals surface area contributed by atoms with Crippen LogP contribution in [0.15, 0.2) is 0 Å². The number of ether oxygens (including phenoxy) is 1. The Morgan fingerprint density at radius 3 is 2.53 bits per heavy atom. The van der Waals surface area contributed by atoms with Crippen molar-refractivity contribution >= 4 is 0 Å². The predicted molar refractivity (Wildman–Crippen MR) is 64.4 cm³/mol. The molecule has 1 aromatic rings. The molecule has 5 nitrogen and oxygen atoms in total. The molecule has 0 fully saturated rings. The molecule has 0 bridgehead atoms. The molecular weight excluding hydrogens is 216 g/mol. The minimum absolute atomic E-state index is 0.0889. The fourth-order valence-electron chi connectivity index (χ4n) is 1.97. The first-order chi connectivity index (χ1) is 8.19. The van der Waals surface area contributed by atoms with Gasteiger partial charge in [-0.05, 0) is 19.8 Å². The van der Waals surface area contributed by atoms with Crippen molar-refractivity contribution in [1.82, 2.24) is 15.0 Å². The lowest BCUT2D eigenvalue weighted by molar-refractivity contribution is 0.108. The molecule has 0 saturated heterocycles. The molecule has 1 rings (SSSR count). The van der Waals surface area contributed by atoms with Crippen molar-refractivity contribution in [2.24, 2.45) is 0 Å². The van der Waals surface area contributed by atoms with Gasteiger partial charge in [-0.25, -0.2) is 4.68 Å². The molecule has 17 heavy (non-hydrogen) atoms. The Balaban J connectivity index is 3.17. The van der Waals surface area contributed by atoms with E-state index in [1.165, 1.54) is 0 Å². The largest absolute Gasteiger partial charge is 0.375 e. The summed E-state index contributed by atoms with van der Waals surface area (Å²) in [5.74, 6) is 0. The van der Waals surface area contributed by atoms with Crippen molar-refractivity contribution in [2.75, 3.05) is 7.11 Å². The van der Waals surface area contributed by atoms with Gasteiger partial charge in [0.05, 0.1) is 30.3 Å². The zero-order valence-electron chi connectivity index (χ0n) is 11.0. The van der Waals surface area contributed by atoms with E-state index in [1.807, 2.05) is 11.6 Å². The maximum absolute atomic E-state index is 8.79. The summed E-state index contributed by atoms with van der Waals surface area (Å²) < 4.78 is 7.27. The Morgan fingerprint density at radius 2 is 2.06 bits per heavy atom. The SMILES string of the molecule is CCC(CC)n1nnc(CC#N)c1C(C)OC. The summed E-state index contributed by atoms with van der Waals surface area (Å²) >= 11 is 0. The fourth-order valence-corrected chi connectivity index (χ4v) is 1.97. The Kier molecular flexibility index (Phi) is 5.11. The van der Waals surface area contributed by atoms with Crippen molar-refractivity contribution in [3.05, 3.63) is 11.4 Å². The van der Waals surface area contributed by atoms with E-state index in [0.29, 0.717) is 6.04 Å². The molecule has 94 valence electrons. The third-order valence-corrected chi connectivity index (χ3v) is 3.08. The van der Waals surface area contributed by atoms with Gasteiger partial charge in [0.15, 0.2) is 0 Å². The van der Waals surface area contributed by atoms with Crippen LogP contribution in [0.5, 0.6) is 0 Å². The van der Waals surface area contributed by atoms with E-state index in [1.54, 1.807) is 7.11 Å². The fraction of sp³-hybridized carbons (Fsp3) is 0.750. The highest BCUT2D eigenvalue weighted by molar-refractivity contribution is 5.17. The molecular formula is C12H20N4O. The lowest BCUT2D eigenvalue weighted by atomic mass is 10.1. The average Bonchev–Trinajstić information content (AvgIpc) is 2.74. The topological polar surface area (TPSA) is 63.7 Å². The quantitative estimate of drug-likeness (QED) is 0.760.